The summed E-state index contributed by atoms with van der Waals surface area (Å²) in [5.41, 5.74) is 3.13. The molecule has 0 aliphatic heterocycles. The zero-order chi connectivity index (χ0) is 19.7. The molecule has 0 amide bonds. The van der Waals surface area contributed by atoms with Gasteiger partial charge in [0.05, 0.1) is 4.90 Å². The van der Waals surface area contributed by atoms with Crippen LogP contribution in [0.5, 0.6) is 0 Å². The van der Waals surface area contributed by atoms with Crippen molar-refractivity contribution in [3.8, 4) is 11.3 Å². The van der Waals surface area contributed by atoms with Crippen LogP contribution in [0, 0.1) is 5.92 Å². The maximum absolute atomic E-state index is 12.9. The third-order valence-electron chi connectivity index (χ3n) is 5.68. The SMILES string of the molecule is Cn1c(-c2ccccc2)cc2cc(S(=O)(=O)N[C@H]3CC[C@H](C=O)CC3)ccc21. The Bertz CT molecular complexity index is 1100. The van der Waals surface area contributed by atoms with E-state index in [2.05, 4.69) is 9.29 Å². The monoisotopic (exact) mass is 396 g/mol. The van der Waals surface area contributed by atoms with E-state index in [1.54, 1.807) is 12.1 Å². The molecule has 0 saturated heterocycles. The second kappa shape index (κ2) is 7.53. The minimum absolute atomic E-state index is 0.0674. The molecule has 1 aliphatic carbocycles. The highest BCUT2D eigenvalue weighted by molar-refractivity contribution is 7.89. The Morgan fingerprint density at radius 2 is 1.71 bits per heavy atom. The lowest BCUT2D eigenvalue weighted by Gasteiger charge is -2.26. The molecule has 146 valence electrons. The number of carbonyl (C=O) groups excluding carboxylic acids is 1. The molecule has 0 atom stereocenters. The van der Waals surface area contributed by atoms with Crippen LogP contribution in [0.2, 0.25) is 0 Å². The van der Waals surface area contributed by atoms with Gasteiger partial charge in [-0.05, 0) is 55.5 Å². The number of sulfonamides is 1. The minimum atomic E-state index is -3.59. The van der Waals surface area contributed by atoms with Crippen molar-refractivity contribution >= 4 is 27.2 Å². The van der Waals surface area contributed by atoms with Crippen LogP contribution in [0.3, 0.4) is 0 Å². The van der Waals surface area contributed by atoms with Crippen LogP contribution in [0.4, 0.5) is 0 Å². The van der Waals surface area contributed by atoms with Crippen molar-refractivity contribution < 1.29 is 13.2 Å². The average molecular weight is 397 g/mol. The summed E-state index contributed by atoms with van der Waals surface area (Å²) >= 11 is 0. The highest BCUT2D eigenvalue weighted by Gasteiger charge is 2.26. The lowest BCUT2D eigenvalue weighted by Crippen LogP contribution is -2.37. The quantitative estimate of drug-likeness (QED) is 0.666. The first-order valence-electron chi connectivity index (χ1n) is 9.60. The maximum atomic E-state index is 12.9. The number of carbonyl (C=O) groups is 1. The topological polar surface area (TPSA) is 68.2 Å². The van der Waals surface area contributed by atoms with E-state index >= 15 is 0 Å². The number of nitrogens with one attached hydrogen (secondary N) is 1. The molecule has 28 heavy (non-hydrogen) atoms. The molecule has 1 aliphatic rings. The van der Waals surface area contributed by atoms with E-state index in [1.165, 1.54) is 0 Å². The van der Waals surface area contributed by atoms with Crippen molar-refractivity contribution in [2.75, 3.05) is 0 Å². The Labute approximate surface area is 165 Å². The number of aldehydes is 1. The van der Waals surface area contributed by atoms with Gasteiger partial charge in [0.15, 0.2) is 0 Å². The summed E-state index contributed by atoms with van der Waals surface area (Å²) in [7, 11) is -1.60. The number of fused-ring (bicyclic) bond motifs is 1. The highest BCUT2D eigenvalue weighted by Crippen LogP contribution is 2.29. The van der Waals surface area contributed by atoms with Crippen molar-refractivity contribution in [1.82, 2.24) is 9.29 Å². The minimum Gasteiger partial charge on any atom is -0.344 e. The van der Waals surface area contributed by atoms with Crippen LogP contribution in [0.15, 0.2) is 59.5 Å². The normalized spacial score (nSPS) is 20.3. The molecule has 4 rings (SSSR count). The average Bonchev–Trinajstić information content (AvgIpc) is 3.05. The Kier molecular flexibility index (Phi) is 5.08. The van der Waals surface area contributed by atoms with Gasteiger partial charge in [-0.1, -0.05) is 30.3 Å². The molecule has 2 aromatic carbocycles. The van der Waals surface area contributed by atoms with Gasteiger partial charge in [-0.2, -0.15) is 0 Å². The summed E-state index contributed by atoms with van der Waals surface area (Å²) in [6, 6.07) is 17.2. The third-order valence-corrected chi connectivity index (χ3v) is 7.20. The first kappa shape index (κ1) is 18.9. The predicted octanol–water partition coefficient (Wildman–Crippen LogP) is 3.88. The largest absolute Gasteiger partial charge is 0.344 e. The van der Waals surface area contributed by atoms with E-state index < -0.39 is 10.0 Å². The first-order valence-corrected chi connectivity index (χ1v) is 11.1. The fourth-order valence-electron chi connectivity index (χ4n) is 4.04. The molecule has 1 aromatic heterocycles. The second-order valence-electron chi connectivity index (χ2n) is 7.54. The number of rotatable bonds is 5. The fraction of sp³-hybridized carbons (Fsp3) is 0.318. The number of nitrogens with zero attached hydrogens (tertiary/aromatic N) is 1. The molecular formula is C22H24N2O3S. The lowest BCUT2D eigenvalue weighted by atomic mass is 9.87. The molecule has 6 heteroatoms. The van der Waals surface area contributed by atoms with Crippen molar-refractivity contribution in [2.24, 2.45) is 13.0 Å². The standard InChI is InChI=1S/C22H24N2O3S/c1-24-21-12-11-20(13-18(21)14-22(24)17-5-3-2-4-6-17)28(26,27)23-19-9-7-16(15-25)8-10-19/h2-6,11-16,19,23H,7-10H2,1H3/t16-,19-. The van der Waals surface area contributed by atoms with Gasteiger partial charge in [-0.25, -0.2) is 13.1 Å². The Morgan fingerprint density at radius 3 is 2.39 bits per heavy atom. The van der Waals surface area contributed by atoms with Gasteiger partial charge < -0.3 is 9.36 Å². The molecule has 0 radical (unpaired) electrons. The van der Waals surface area contributed by atoms with Crippen LogP contribution >= 0.6 is 0 Å². The van der Waals surface area contributed by atoms with Crippen LogP contribution in [0.25, 0.3) is 22.2 Å². The molecule has 0 unspecified atom stereocenters. The molecule has 0 spiro atoms. The van der Waals surface area contributed by atoms with Gasteiger partial charge in [-0.15, -0.1) is 0 Å². The summed E-state index contributed by atoms with van der Waals surface area (Å²) < 4.78 is 30.6. The van der Waals surface area contributed by atoms with Crippen molar-refractivity contribution in [3.05, 3.63) is 54.6 Å². The van der Waals surface area contributed by atoms with E-state index in [4.69, 9.17) is 0 Å². The van der Waals surface area contributed by atoms with E-state index in [1.807, 2.05) is 49.5 Å². The van der Waals surface area contributed by atoms with Crippen LogP contribution in [-0.4, -0.2) is 25.3 Å². The van der Waals surface area contributed by atoms with E-state index in [0.717, 1.165) is 41.3 Å². The van der Waals surface area contributed by atoms with Crippen molar-refractivity contribution in [1.29, 1.82) is 0 Å². The van der Waals surface area contributed by atoms with Crippen LogP contribution in [-0.2, 0) is 21.9 Å². The summed E-state index contributed by atoms with van der Waals surface area (Å²) in [6.45, 7) is 0. The summed E-state index contributed by atoms with van der Waals surface area (Å²) in [5.74, 6) is 0.0674. The number of benzene rings is 2. The van der Waals surface area contributed by atoms with Gasteiger partial charge in [0.2, 0.25) is 10.0 Å². The van der Waals surface area contributed by atoms with Gasteiger partial charge in [0.1, 0.15) is 6.29 Å². The molecule has 0 bridgehead atoms. The number of hydrogen-bond donors (Lipinski definition) is 1. The second-order valence-corrected chi connectivity index (χ2v) is 9.26. The third kappa shape index (κ3) is 3.62. The first-order chi connectivity index (χ1) is 13.5. The van der Waals surface area contributed by atoms with Gasteiger partial charge in [-0.3, -0.25) is 0 Å². The zero-order valence-electron chi connectivity index (χ0n) is 15.8. The van der Waals surface area contributed by atoms with Gasteiger partial charge >= 0.3 is 0 Å². The van der Waals surface area contributed by atoms with Crippen molar-refractivity contribution in [3.63, 3.8) is 0 Å². The summed E-state index contributed by atoms with van der Waals surface area (Å²) in [5, 5.41) is 0.897. The molecule has 1 saturated carbocycles. The zero-order valence-corrected chi connectivity index (χ0v) is 16.7. The number of hydrogen-bond acceptors (Lipinski definition) is 3. The Morgan fingerprint density at radius 1 is 1.00 bits per heavy atom. The lowest BCUT2D eigenvalue weighted by molar-refractivity contribution is -0.111. The van der Waals surface area contributed by atoms with Gasteiger partial charge in [0.25, 0.3) is 0 Å². The molecular weight excluding hydrogens is 372 g/mol. The van der Waals surface area contributed by atoms with Crippen molar-refractivity contribution in [2.45, 2.75) is 36.6 Å². The number of aromatic nitrogens is 1. The van der Waals surface area contributed by atoms with Crippen LogP contribution in [0.1, 0.15) is 25.7 Å². The molecule has 5 nitrogen and oxygen atoms in total. The van der Waals surface area contributed by atoms with E-state index in [9.17, 15) is 13.2 Å². The maximum Gasteiger partial charge on any atom is 0.240 e. The molecule has 3 aromatic rings. The molecule has 1 heterocycles. The smallest absolute Gasteiger partial charge is 0.240 e. The highest BCUT2D eigenvalue weighted by atomic mass is 32.2. The van der Waals surface area contributed by atoms with Gasteiger partial charge in [0, 0.05) is 35.6 Å². The molecule has 1 N–H and O–H groups in total. The Hall–Kier alpha value is -2.44. The molecule has 1 fully saturated rings. The summed E-state index contributed by atoms with van der Waals surface area (Å²) in [4.78, 5) is 11.2. The van der Waals surface area contributed by atoms with E-state index in [-0.39, 0.29) is 16.9 Å². The van der Waals surface area contributed by atoms with Crippen LogP contribution < -0.4 is 4.72 Å². The fourth-order valence-corrected chi connectivity index (χ4v) is 5.38. The Balaban J connectivity index is 1.61. The predicted molar refractivity (Wildman–Crippen MR) is 110 cm³/mol. The number of aryl methyl sites for hydroxylation is 1. The summed E-state index contributed by atoms with van der Waals surface area (Å²) in [6.07, 6.45) is 3.88. The van der Waals surface area contributed by atoms with E-state index in [0.29, 0.717) is 12.8 Å².